The molecule has 20 heavy (non-hydrogen) atoms. The molecule has 0 aliphatic rings. The molecule has 0 radical (unpaired) electrons. The Labute approximate surface area is 131 Å². The van der Waals surface area contributed by atoms with Crippen molar-refractivity contribution in [2.45, 2.75) is 30.4 Å². The number of nitrogens with zero attached hydrogens (tertiary/aromatic N) is 2. The Morgan fingerprint density at radius 2 is 2.05 bits per heavy atom. The summed E-state index contributed by atoms with van der Waals surface area (Å²) in [5, 5.41) is 0. The van der Waals surface area contributed by atoms with Gasteiger partial charge in [0.25, 0.3) is 0 Å². The van der Waals surface area contributed by atoms with E-state index in [1.165, 1.54) is 4.90 Å². The minimum atomic E-state index is 0.345. The zero-order valence-electron chi connectivity index (χ0n) is 11.4. The summed E-state index contributed by atoms with van der Waals surface area (Å²) >= 11 is 5.24. The third-order valence-electron chi connectivity index (χ3n) is 2.73. The first-order valence-corrected chi connectivity index (χ1v) is 8.10. The van der Waals surface area contributed by atoms with Crippen LogP contribution in [0.5, 0.6) is 0 Å². The Morgan fingerprint density at radius 3 is 2.70 bits per heavy atom. The number of halogens is 1. The smallest absolute Gasteiger partial charge is 0.143 e. The highest BCUT2D eigenvalue weighted by Gasteiger charge is 2.08. The fraction of sp³-hybridized carbons (Fsp3) is 0.286. The molecule has 0 fully saturated rings. The van der Waals surface area contributed by atoms with Crippen LogP contribution in [0.4, 0.5) is 5.82 Å². The van der Waals surface area contributed by atoms with E-state index in [4.69, 9.17) is 5.84 Å². The summed E-state index contributed by atoms with van der Waals surface area (Å²) in [7, 11) is 0. The van der Waals surface area contributed by atoms with Crippen LogP contribution in [0, 0.1) is 0 Å². The standard InChI is InChI=1S/C14H17BrN4S/c1-9(2)11-7-13(19-16)18-14(17-11)8-20-12-6-4-3-5-10(12)15/h3-7,9H,8,16H2,1-2H3,(H,17,18,19). The first-order valence-electron chi connectivity index (χ1n) is 6.32. The van der Waals surface area contributed by atoms with Gasteiger partial charge in [-0.1, -0.05) is 26.0 Å². The van der Waals surface area contributed by atoms with Crippen LogP contribution in [0.3, 0.4) is 0 Å². The number of nitrogen functional groups attached to an aromatic ring is 1. The quantitative estimate of drug-likeness (QED) is 0.484. The van der Waals surface area contributed by atoms with Gasteiger partial charge in [0.05, 0.1) is 5.75 Å². The molecule has 0 saturated carbocycles. The molecular formula is C14H17BrN4S. The maximum Gasteiger partial charge on any atom is 0.143 e. The Hall–Kier alpha value is -1.11. The molecule has 106 valence electrons. The molecule has 0 spiro atoms. The molecule has 0 unspecified atom stereocenters. The number of nitrogens with one attached hydrogen (secondary N) is 1. The molecule has 1 aromatic carbocycles. The van der Waals surface area contributed by atoms with Crippen molar-refractivity contribution in [1.29, 1.82) is 0 Å². The summed E-state index contributed by atoms with van der Waals surface area (Å²) in [6.45, 7) is 4.21. The average Bonchev–Trinajstić information content (AvgIpc) is 2.46. The van der Waals surface area contributed by atoms with Crippen LogP contribution in [0.2, 0.25) is 0 Å². The van der Waals surface area contributed by atoms with E-state index in [2.05, 4.69) is 51.2 Å². The summed E-state index contributed by atoms with van der Waals surface area (Å²) in [6, 6.07) is 10.0. The summed E-state index contributed by atoms with van der Waals surface area (Å²) in [4.78, 5) is 10.2. The minimum Gasteiger partial charge on any atom is -0.308 e. The maximum absolute atomic E-state index is 5.46. The minimum absolute atomic E-state index is 0.345. The van der Waals surface area contributed by atoms with Gasteiger partial charge in [-0.15, -0.1) is 11.8 Å². The van der Waals surface area contributed by atoms with Gasteiger partial charge in [0, 0.05) is 21.1 Å². The summed E-state index contributed by atoms with van der Waals surface area (Å²) in [5.74, 6) is 7.96. The highest BCUT2D eigenvalue weighted by molar-refractivity contribution is 9.10. The van der Waals surface area contributed by atoms with Crippen LogP contribution in [0.1, 0.15) is 31.3 Å². The number of aromatic nitrogens is 2. The van der Waals surface area contributed by atoms with Crippen LogP contribution in [0.25, 0.3) is 0 Å². The predicted octanol–water partition coefficient (Wildman–Crippen LogP) is 3.94. The second kappa shape index (κ2) is 7.06. The average molecular weight is 353 g/mol. The number of hydrogen-bond acceptors (Lipinski definition) is 5. The number of hydrogen-bond donors (Lipinski definition) is 2. The van der Waals surface area contributed by atoms with Crippen molar-refractivity contribution in [2.24, 2.45) is 5.84 Å². The SMILES string of the molecule is CC(C)c1cc(NN)nc(CSc2ccccc2Br)n1. The van der Waals surface area contributed by atoms with Gasteiger partial charge in [0.2, 0.25) is 0 Å². The lowest BCUT2D eigenvalue weighted by atomic mass is 10.1. The zero-order valence-corrected chi connectivity index (χ0v) is 13.8. The molecule has 2 rings (SSSR count). The first kappa shape index (κ1) is 15.3. The first-order chi connectivity index (χ1) is 9.60. The van der Waals surface area contributed by atoms with Gasteiger partial charge in [-0.2, -0.15) is 0 Å². The van der Waals surface area contributed by atoms with Gasteiger partial charge >= 0.3 is 0 Å². The van der Waals surface area contributed by atoms with E-state index in [0.717, 1.165) is 16.0 Å². The lowest BCUT2D eigenvalue weighted by Crippen LogP contribution is -2.11. The Balaban J connectivity index is 2.17. The van der Waals surface area contributed by atoms with Crippen molar-refractivity contribution in [3.63, 3.8) is 0 Å². The number of hydrazine groups is 1. The third kappa shape index (κ3) is 3.94. The normalized spacial score (nSPS) is 10.8. The van der Waals surface area contributed by atoms with Gasteiger partial charge in [0.1, 0.15) is 11.6 Å². The van der Waals surface area contributed by atoms with E-state index in [0.29, 0.717) is 17.5 Å². The molecule has 0 atom stereocenters. The monoisotopic (exact) mass is 352 g/mol. The maximum atomic E-state index is 5.46. The molecule has 0 saturated heterocycles. The lowest BCUT2D eigenvalue weighted by molar-refractivity contribution is 0.800. The van der Waals surface area contributed by atoms with Crippen molar-refractivity contribution < 1.29 is 0 Å². The van der Waals surface area contributed by atoms with Crippen molar-refractivity contribution in [2.75, 3.05) is 5.43 Å². The summed E-state index contributed by atoms with van der Waals surface area (Å²) in [6.07, 6.45) is 0. The van der Waals surface area contributed by atoms with E-state index < -0.39 is 0 Å². The molecule has 3 N–H and O–H groups in total. The van der Waals surface area contributed by atoms with Crippen LogP contribution in [-0.4, -0.2) is 9.97 Å². The van der Waals surface area contributed by atoms with E-state index in [1.54, 1.807) is 11.8 Å². The number of anilines is 1. The molecule has 1 heterocycles. The van der Waals surface area contributed by atoms with Gasteiger partial charge < -0.3 is 5.43 Å². The predicted molar refractivity (Wildman–Crippen MR) is 87.6 cm³/mol. The molecule has 2 aromatic rings. The van der Waals surface area contributed by atoms with Gasteiger partial charge in [0.15, 0.2) is 0 Å². The second-order valence-corrected chi connectivity index (χ2v) is 6.48. The van der Waals surface area contributed by atoms with E-state index in [1.807, 2.05) is 24.3 Å². The third-order valence-corrected chi connectivity index (χ3v) is 4.75. The Kier molecular flexibility index (Phi) is 5.39. The van der Waals surface area contributed by atoms with Crippen LogP contribution in [0.15, 0.2) is 39.7 Å². The van der Waals surface area contributed by atoms with Crippen LogP contribution >= 0.6 is 27.7 Å². The molecular weight excluding hydrogens is 336 g/mol. The Morgan fingerprint density at radius 1 is 1.30 bits per heavy atom. The number of rotatable bonds is 5. The van der Waals surface area contributed by atoms with E-state index >= 15 is 0 Å². The van der Waals surface area contributed by atoms with Crippen molar-refractivity contribution in [1.82, 2.24) is 9.97 Å². The van der Waals surface area contributed by atoms with E-state index in [-0.39, 0.29) is 0 Å². The highest BCUT2D eigenvalue weighted by atomic mass is 79.9. The molecule has 0 aliphatic carbocycles. The van der Waals surface area contributed by atoms with Crippen molar-refractivity contribution in [3.8, 4) is 0 Å². The Bertz CT molecular complexity index is 589. The van der Waals surface area contributed by atoms with Crippen molar-refractivity contribution >= 4 is 33.5 Å². The molecule has 1 aromatic heterocycles. The molecule has 0 aliphatic heterocycles. The fourth-order valence-corrected chi connectivity index (χ4v) is 3.08. The van der Waals surface area contributed by atoms with Crippen LogP contribution in [-0.2, 0) is 5.75 Å². The van der Waals surface area contributed by atoms with Gasteiger partial charge in [-0.3, -0.25) is 0 Å². The van der Waals surface area contributed by atoms with Crippen molar-refractivity contribution in [3.05, 3.63) is 46.3 Å². The molecule has 0 amide bonds. The summed E-state index contributed by atoms with van der Waals surface area (Å²) in [5.41, 5.74) is 3.60. The number of benzene rings is 1. The van der Waals surface area contributed by atoms with E-state index in [9.17, 15) is 0 Å². The topological polar surface area (TPSA) is 63.8 Å². The van der Waals surface area contributed by atoms with Gasteiger partial charge in [-0.05, 0) is 34.0 Å². The molecule has 6 heteroatoms. The zero-order chi connectivity index (χ0) is 14.5. The van der Waals surface area contributed by atoms with Crippen LogP contribution < -0.4 is 11.3 Å². The number of thioether (sulfide) groups is 1. The lowest BCUT2D eigenvalue weighted by Gasteiger charge is -2.10. The highest BCUT2D eigenvalue weighted by Crippen LogP contribution is 2.29. The van der Waals surface area contributed by atoms with Gasteiger partial charge in [-0.25, -0.2) is 15.8 Å². The second-order valence-electron chi connectivity index (χ2n) is 4.61. The number of nitrogens with two attached hydrogens (primary N) is 1. The molecule has 4 nitrogen and oxygen atoms in total. The largest absolute Gasteiger partial charge is 0.308 e. The summed E-state index contributed by atoms with van der Waals surface area (Å²) < 4.78 is 1.09. The fourth-order valence-electron chi connectivity index (χ4n) is 1.66. The molecule has 0 bridgehead atoms.